The van der Waals surface area contributed by atoms with E-state index in [1.54, 1.807) is 12.1 Å². The molecule has 22 heavy (non-hydrogen) atoms. The van der Waals surface area contributed by atoms with E-state index in [2.05, 4.69) is 0 Å². The molecule has 1 fully saturated rings. The summed E-state index contributed by atoms with van der Waals surface area (Å²) >= 11 is 0. The Morgan fingerprint density at radius 1 is 1.23 bits per heavy atom. The maximum Gasteiger partial charge on any atom is 0.254 e. The molecule has 1 atom stereocenters. The average Bonchev–Trinajstić information content (AvgIpc) is 2.56. The molecule has 2 N–H and O–H groups in total. The first-order valence-electron chi connectivity index (χ1n) is 8.11. The predicted molar refractivity (Wildman–Crippen MR) is 86.5 cm³/mol. The van der Waals surface area contributed by atoms with Crippen LogP contribution in [0.1, 0.15) is 43.5 Å². The molecule has 1 amide bonds. The highest BCUT2D eigenvalue weighted by atomic mass is 16.5. The number of nitrogens with two attached hydrogens (primary N) is 1. The Hall–Kier alpha value is -1.75. The van der Waals surface area contributed by atoms with Crippen molar-refractivity contribution in [1.29, 1.82) is 0 Å². The van der Waals surface area contributed by atoms with Gasteiger partial charge in [0.15, 0.2) is 11.5 Å². The largest absolute Gasteiger partial charge is 0.490 e. The molecule has 1 saturated heterocycles. The Bertz CT molecular complexity index is 505. The fraction of sp³-hybridized carbons (Fsp3) is 0.588. The van der Waals surface area contributed by atoms with E-state index >= 15 is 0 Å². The highest BCUT2D eigenvalue weighted by Gasteiger charge is 2.27. The molecule has 0 saturated carbocycles. The number of ether oxygens (including phenoxy) is 2. The first-order valence-corrected chi connectivity index (χ1v) is 8.11. The summed E-state index contributed by atoms with van der Waals surface area (Å²) in [5.41, 5.74) is 6.44. The molecule has 0 spiro atoms. The number of carbonyl (C=O) groups is 1. The number of amides is 1. The van der Waals surface area contributed by atoms with Crippen LogP contribution in [0, 0.1) is 0 Å². The lowest BCUT2D eigenvalue weighted by Crippen LogP contribution is -2.47. The van der Waals surface area contributed by atoms with Crippen LogP contribution in [0.15, 0.2) is 18.2 Å². The monoisotopic (exact) mass is 306 g/mol. The molecule has 1 unspecified atom stereocenters. The lowest BCUT2D eigenvalue weighted by Gasteiger charge is -2.35. The van der Waals surface area contributed by atoms with Gasteiger partial charge in [0.2, 0.25) is 0 Å². The van der Waals surface area contributed by atoms with E-state index in [0.29, 0.717) is 36.8 Å². The maximum atomic E-state index is 12.8. The molecule has 1 heterocycles. The molecule has 5 heteroatoms. The molecule has 1 aliphatic heterocycles. The van der Waals surface area contributed by atoms with Gasteiger partial charge in [0.05, 0.1) is 13.2 Å². The van der Waals surface area contributed by atoms with Crippen molar-refractivity contribution in [3.8, 4) is 11.5 Å². The SMILES string of the molecule is CCOc1ccc(C(=O)N2CCCCC2CN)cc1OCC. The third-order valence-corrected chi connectivity index (χ3v) is 3.95. The summed E-state index contributed by atoms with van der Waals surface area (Å²) in [6.07, 6.45) is 3.16. The minimum atomic E-state index is 0.0270. The third kappa shape index (κ3) is 3.71. The Labute approximate surface area is 132 Å². The van der Waals surface area contributed by atoms with Crippen molar-refractivity contribution in [2.75, 3.05) is 26.3 Å². The highest BCUT2D eigenvalue weighted by molar-refractivity contribution is 5.95. The van der Waals surface area contributed by atoms with Crippen molar-refractivity contribution in [3.63, 3.8) is 0 Å². The van der Waals surface area contributed by atoms with Crippen LogP contribution < -0.4 is 15.2 Å². The molecule has 1 aliphatic rings. The maximum absolute atomic E-state index is 12.8. The summed E-state index contributed by atoms with van der Waals surface area (Å²) < 4.78 is 11.1. The zero-order chi connectivity index (χ0) is 15.9. The van der Waals surface area contributed by atoms with Crippen LogP contribution in [-0.2, 0) is 0 Å². The summed E-state index contributed by atoms with van der Waals surface area (Å²) in [6, 6.07) is 5.53. The summed E-state index contributed by atoms with van der Waals surface area (Å²) in [4.78, 5) is 14.7. The normalized spacial score (nSPS) is 18.1. The second kappa shape index (κ2) is 8.03. The van der Waals surface area contributed by atoms with E-state index in [1.807, 2.05) is 24.8 Å². The summed E-state index contributed by atoms with van der Waals surface area (Å²) in [7, 11) is 0. The van der Waals surface area contributed by atoms with E-state index in [0.717, 1.165) is 25.8 Å². The molecule has 1 aromatic carbocycles. The lowest BCUT2D eigenvalue weighted by atomic mass is 10.0. The van der Waals surface area contributed by atoms with Crippen LogP contribution in [-0.4, -0.2) is 43.2 Å². The van der Waals surface area contributed by atoms with Crippen molar-refractivity contribution in [3.05, 3.63) is 23.8 Å². The Kier molecular flexibility index (Phi) is 6.07. The van der Waals surface area contributed by atoms with Crippen molar-refractivity contribution in [2.45, 2.75) is 39.2 Å². The fourth-order valence-corrected chi connectivity index (χ4v) is 2.86. The third-order valence-electron chi connectivity index (χ3n) is 3.95. The van der Waals surface area contributed by atoms with E-state index < -0.39 is 0 Å². The number of hydrogen-bond donors (Lipinski definition) is 1. The number of piperidine rings is 1. The van der Waals surface area contributed by atoms with Crippen LogP contribution in [0.25, 0.3) is 0 Å². The van der Waals surface area contributed by atoms with E-state index in [-0.39, 0.29) is 11.9 Å². The van der Waals surface area contributed by atoms with Gasteiger partial charge in [-0.25, -0.2) is 0 Å². The summed E-state index contributed by atoms with van der Waals surface area (Å²) in [6.45, 7) is 6.23. The molecule has 0 aromatic heterocycles. The number of benzene rings is 1. The highest BCUT2D eigenvalue weighted by Crippen LogP contribution is 2.30. The second-order valence-corrected chi connectivity index (χ2v) is 5.41. The molecular formula is C17H26N2O3. The molecule has 5 nitrogen and oxygen atoms in total. The topological polar surface area (TPSA) is 64.8 Å². The van der Waals surface area contributed by atoms with Crippen LogP contribution in [0.3, 0.4) is 0 Å². The Morgan fingerprint density at radius 3 is 2.64 bits per heavy atom. The molecular weight excluding hydrogens is 280 g/mol. The first kappa shape index (κ1) is 16.6. The second-order valence-electron chi connectivity index (χ2n) is 5.41. The smallest absolute Gasteiger partial charge is 0.254 e. The molecule has 0 bridgehead atoms. The number of rotatable bonds is 6. The van der Waals surface area contributed by atoms with Gasteiger partial charge in [0, 0.05) is 24.7 Å². The first-order chi connectivity index (χ1) is 10.7. The van der Waals surface area contributed by atoms with Crippen molar-refractivity contribution >= 4 is 5.91 Å². The van der Waals surface area contributed by atoms with Crippen molar-refractivity contribution < 1.29 is 14.3 Å². The molecule has 0 aliphatic carbocycles. The zero-order valence-corrected chi connectivity index (χ0v) is 13.5. The zero-order valence-electron chi connectivity index (χ0n) is 13.5. The standard InChI is InChI=1S/C17H26N2O3/c1-3-21-15-9-8-13(11-16(15)22-4-2)17(20)19-10-6-5-7-14(19)12-18/h8-9,11,14H,3-7,10,12,18H2,1-2H3. The van der Waals surface area contributed by atoms with Gasteiger partial charge < -0.3 is 20.1 Å². The number of likely N-dealkylation sites (tertiary alicyclic amines) is 1. The fourth-order valence-electron chi connectivity index (χ4n) is 2.86. The van der Waals surface area contributed by atoms with Gasteiger partial charge in [-0.2, -0.15) is 0 Å². The van der Waals surface area contributed by atoms with Crippen LogP contribution in [0.5, 0.6) is 11.5 Å². The van der Waals surface area contributed by atoms with Gasteiger partial charge in [-0.3, -0.25) is 4.79 Å². The van der Waals surface area contributed by atoms with Crippen molar-refractivity contribution in [1.82, 2.24) is 4.90 Å². The van der Waals surface area contributed by atoms with Gasteiger partial charge >= 0.3 is 0 Å². The van der Waals surface area contributed by atoms with E-state index in [9.17, 15) is 4.79 Å². The number of nitrogens with zero attached hydrogens (tertiary/aromatic N) is 1. The minimum absolute atomic E-state index is 0.0270. The number of carbonyl (C=O) groups excluding carboxylic acids is 1. The van der Waals surface area contributed by atoms with Crippen molar-refractivity contribution in [2.24, 2.45) is 5.73 Å². The Balaban J connectivity index is 2.23. The van der Waals surface area contributed by atoms with E-state index in [1.165, 1.54) is 0 Å². The summed E-state index contributed by atoms with van der Waals surface area (Å²) in [5, 5.41) is 0. The van der Waals surface area contributed by atoms with Crippen LogP contribution >= 0.6 is 0 Å². The van der Waals surface area contributed by atoms with Crippen LogP contribution in [0.2, 0.25) is 0 Å². The quantitative estimate of drug-likeness (QED) is 0.876. The lowest BCUT2D eigenvalue weighted by molar-refractivity contribution is 0.0623. The van der Waals surface area contributed by atoms with E-state index in [4.69, 9.17) is 15.2 Å². The molecule has 1 aromatic rings. The molecule has 122 valence electrons. The summed E-state index contributed by atoms with van der Waals surface area (Å²) in [5.74, 6) is 1.32. The Morgan fingerprint density at radius 2 is 1.95 bits per heavy atom. The number of hydrogen-bond acceptors (Lipinski definition) is 4. The van der Waals surface area contributed by atoms with Gasteiger partial charge in [-0.1, -0.05) is 0 Å². The van der Waals surface area contributed by atoms with Gasteiger partial charge in [-0.15, -0.1) is 0 Å². The molecule has 2 rings (SSSR count). The predicted octanol–water partition coefficient (Wildman–Crippen LogP) is 2.44. The van der Waals surface area contributed by atoms with Crippen LogP contribution in [0.4, 0.5) is 0 Å². The minimum Gasteiger partial charge on any atom is -0.490 e. The van der Waals surface area contributed by atoms with Gasteiger partial charge in [0.1, 0.15) is 0 Å². The average molecular weight is 306 g/mol. The molecule has 0 radical (unpaired) electrons. The van der Waals surface area contributed by atoms with Gasteiger partial charge in [0.25, 0.3) is 5.91 Å². The van der Waals surface area contributed by atoms with Gasteiger partial charge in [-0.05, 0) is 51.3 Å².